The minimum atomic E-state index is -0.379. The maximum atomic E-state index is 11.3. The number of alkyl halides is 1. The third-order valence-electron chi connectivity index (χ3n) is 1.80. The molecule has 2 N–H and O–H groups in total. The second-order valence-electron chi connectivity index (χ2n) is 2.94. The van der Waals surface area contributed by atoms with Crippen molar-refractivity contribution in [2.24, 2.45) is 0 Å². The van der Waals surface area contributed by atoms with E-state index in [1.54, 1.807) is 18.2 Å². The van der Waals surface area contributed by atoms with Crippen molar-refractivity contribution < 1.29 is 9.53 Å². The number of allylic oxidation sites excluding steroid dienone is 1. The summed E-state index contributed by atoms with van der Waals surface area (Å²) in [5, 5.41) is 0.759. The quantitative estimate of drug-likeness (QED) is 0.521. The first-order valence-electron chi connectivity index (χ1n) is 4.38. The van der Waals surface area contributed by atoms with Crippen molar-refractivity contribution in [2.45, 2.75) is 0 Å². The number of carbonyl (C=O) groups excluding carboxylic acids is 1. The molecule has 15 heavy (non-hydrogen) atoms. The lowest BCUT2D eigenvalue weighted by Crippen LogP contribution is -2.02. The average Bonchev–Trinajstić information content (AvgIpc) is 2.24. The van der Waals surface area contributed by atoms with E-state index in [0.29, 0.717) is 11.3 Å². The lowest BCUT2D eigenvalue weighted by molar-refractivity contribution is 0.0601. The number of hydrogen-bond acceptors (Lipinski definition) is 3. The van der Waals surface area contributed by atoms with Gasteiger partial charge in [0.25, 0.3) is 0 Å². The number of anilines is 1. The average molecular weight is 270 g/mol. The van der Waals surface area contributed by atoms with Crippen molar-refractivity contribution in [1.29, 1.82) is 0 Å². The van der Waals surface area contributed by atoms with Gasteiger partial charge in [-0.2, -0.15) is 0 Å². The molecule has 0 aliphatic heterocycles. The number of hydrogen-bond donors (Lipinski definition) is 1. The van der Waals surface area contributed by atoms with Crippen LogP contribution in [0.4, 0.5) is 5.69 Å². The highest BCUT2D eigenvalue weighted by atomic mass is 79.9. The molecule has 0 fully saturated rings. The normalized spacial score (nSPS) is 10.5. The molecule has 0 saturated heterocycles. The van der Waals surface area contributed by atoms with Gasteiger partial charge in [-0.05, 0) is 23.8 Å². The van der Waals surface area contributed by atoms with E-state index in [1.165, 1.54) is 7.11 Å². The molecule has 1 aromatic carbocycles. The Hall–Kier alpha value is -1.29. The molecule has 0 radical (unpaired) electrons. The van der Waals surface area contributed by atoms with Gasteiger partial charge in [-0.15, -0.1) is 0 Å². The molecule has 0 bridgehead atoms. The predicted octanol–water partition coefficient (Wildman–Crippen LogP) is 2.46. The Labute approximate surface area is 97.0 Å². The van der Waals surface area contributed by atoms with Crippen LogP contribution in [-0.4, -0.2) is 18.4 Å². The second-order valence-corrected chi connectivity index (χ2v) is 3.58. The molecule has 0 aromatic heterocycles. The van der Waals surface area contributed by atoms with Gasteiger partial charge in [-0.3, -0.25) is 0 Å². The van der Waals surface area contributed by atoms with Crippen LogP contribution in [0.15, 0.2) is 24.3 Å². The van der Waals surface area contributed by atoms with Crippen LogP contribution in [0.3, 0.4) is 0 Å². The molecule has 0 aliphatic rings. The Balaban J connectivity index is 3.05. The van der Waals surface area contributed by atoms with Crippen molar-refractivity contribution in [3.8, 4) is 0 Å². The minimum Gasteiger partial charge on any atom is -0.465 e. The van der Waals surface area contributed by atoms with Crippen molar-refractivity contribution in [1.82, 2.24) is 0 Å². The lowest BCUT2D eigenvalue weighted by Gasteiger charge is -2.02. The zero-order chi connectivity index (χ0) is 11.3. The van der Waals surface area contributed by atoms with Gasteiger partial charge >= 0.3 is 5.97 Å². The molecule has 80 valence electrons. The first-order valence-corrected chi connectivity index (χ1v) is 5.51. The van der Waals surface area contributed by atoms with E-state index in [-0.39, 0.29) is 5.97 Å². The number of benzene rings is 1. The third kappa shape index (κ3) is 3.40. The van der Waals surface area contributed by atoms with Crippen LogP contribution in [0.25, 0.3) is 6.08 Å². The van der Waals surface area contributed by atoms with Crippen molar-refractivity contribution in [2.75, 3.05) is 18.2 Å². The molecule has 0 saturated carbocycles. The summed E-state index contributed by atoms with van der Waals surface area (Å²) >= 11 is 3.28. The van der Waals surface area contributed by atoms with Crippen LogP contribution in [-0.2, 0) is 4.74 Å². The molecular weight excluding hydrogens is 258 g/mol. The Morgan fingerprint density at radius 2 is 2.27 bits per heavy atom. The fraction of sp³-hybridized carbons (Fsp3) is 0.182. The smallest absolute Gasteiger partial charge is 0.337 e. The van der Waals surface area contributed by atoms with E-state index in [9.17, 15) is 4.79 Å². The summed E-state index contributed by atoms with van der Waals surface area (Å²) in [5.41, 5.74) is 7.57. The van der Waals surface area contributed by atoms with Crippen molar-refractivity contribution in [3.63, 3.8) is 0 Å². The van der Waals surface area contributed by atoms with Gasteiger partial charge < -0.3 is 10.5 Å². The first kappa shape index (κ1) is 11.8. The maximum absolute atomic E-state index is 11.3. The number of nitrogen functional groups attached to an aromatic ring is 1. The first-order chi connectivity index (χ1) is 7.17. The molecule has 0 atom stereocenters. The molecule has 0 spiro atoms. The summed E-state index contributed by atoms with van der Waals surface area (Å²) in [6, 6.07) is 5.13. The molecule has 0 aliphatic carbocycles. The van der Waals surface area contributed by atoms with E-state index in [1.807, 2.05) is 12.2 Å². The van der Waals surface area contributed by atoms with Crippen LogP contribution in [0.2, 0.25) is 0 Å². The lowest BCUT2D eigenvalue weighted by atomic mass is 10.1. The van der Waals surface area contributed by atoms with E-state index in [2.05, 4.69) is 20.7 Å². The summed E-state index contributed by atoms with van der Waals surface area (Å²) in [6.45, 7) is 0. The largest absolute Gasteiger partial charge is 0.465 e. The van der Waals surface area contributed by atoms with Gasteiger partial charge in [0, 0.05) is 11.0 Å². The number of rotatable bonds is 3. The number of esters is 1. The second kappa shape index (κ2) is 5.56. The zero-order valence-electron chi connectivity index (χ0n) is 8.37. The number of methoxy groups -OCH3 is 1. The van der Waals surface area contributed by atoms with Crippen molar-refractivity contribution >= 4 is 33.7 Å². The van der Waals surface area contributed by atoms with Crippen LogP contribution in [0.5, 0.6) is 0 Å². The Morgan fingerprint density at radius 3 is 2.87 bits per heavy atom. The number of halogens is 1. The SMILES string of the molecule is COC(=O)c1cc(N)cc(C=CCBr)c1. The number of carbonyl (C=O) groups is 1. The standard InChI is InChI=1S/C11H12BrNO2/c1-15-11(14)9-5-8(3-2-4-12)6-10(13)7-9/h2-3,5-7H,4,13H2,1H3. The summed E-state index contributed by atoms with van der Waals surface area (Å²) in [7, 11) is 1.35. The Morgan fingerprint density at radius 1 is 1.53 bits per heavy atom. The van der Waals surface area contributed by atoms with Gasteiger partial charge in [0.05, 0.1) is 12.7 Å². The summed E-state index contributed by atoms with van der Waals surface area (Å²) in [5.74, 6) is -0.379. The van der Waals surface area contributed by atoms with E-state index in [4.69, 9.17) is 5.73 Å². The Kier molecular flexibility index (Phi) is 4.37. The molecule has 4 heteroatoms. The van der Waals surface area contributed by atoms with E-state index >= 15 is 0 Å². The topological polar surface area (TPSA) is 52.3 Å². The van der Waals surface area contributed by atoms with E-state index in [0.717, 1.165) is 10.9 Å². The molecule has 0 unspecified atom stereocenters. The van der Waals surface area contributed by atoms with E-state index < -0.39 is 0 Å². The van der Waals surface area contributed by atoms with Crippen LogP contribution >= 0.6 is 15.9 Å². The maximum Gasteiger partial charge on any atom is 0.337 e. The number of nitrogens with two attached hydrogens (primary N) is 1. The summed E-state index contributed by atoms with van der Waals surface area (Å²) in [6.07, 6.45) is 3.81. The Bertz CT molecular complexity index is 388. The molecule has 0 heterocycles. The highest BCUT2D eigenvalue weighted by Crippen LogP contribution is 2.14. The fourth-order valence-corrected chi connectivity index (χ4v) is 1.38. The third-order valence-corrected chi connectivity index (χ3v) is 2.17. The highest BCUT2D eigenvalue weighted by Gasteiger charge is 2.06. The van der Waals surface area contributed by atoms with Gasteiger partial charge in [0.15, 0.2) is 0 Å². The monoisotopic (exact) mass is 269 g/mol. The van der Waals surface area contributed by atoms with Crippen LogP contribution < -0.4 is 5.73 Å². The van der Waals surface area contributed by atoms with Gasteiger partial charge in [0.2, 0.25) is 0 Å². The molecule has 1 rings (SSSR count). The van der Waals surface area contributed by atoms with Crippen LogP contribution in [0, 0.1) is 0 Å². The highest BCUT2D eigenvalue weighted by molar-refractivity contribution is 9.09. The zero-order valence-corrected chi connectivity index (χ0v) is 9.95. The molecule has 0 amide bonds. The van der Waals surface area contributed by atoms with Crippen LogP contribution in [0.1, 0.15) is 15.9 Å². The molecule has 1 aromatic rings. The molecule has 3 nitrogen and oxygen atoms in total. The molecular formula is C11H12BrNO2. The van der Waals surface area contributed by atoms with Crippen molar-refractivity contribution in [3.05, 3.63) is 35.4 Å². The minimum absolute atomic E-state index is 0.379. The van der Waals surface area contributed by atoms with Gasteiger partial charge in [0.1, 0.15) is 0 Å². The van der Waals surface area contributed by atoms with Gasteiger partial charge in [-0.1, -0.05) is 28.1 Å². The number of ether oxygens (including phenoxy) is 1. The summed E-state index contributed by atoms with van der Waals surface area (Å²) in [4.78, 5) is 11.3. The summed E-state index contributed by atoms with van der Waals surface area (Å²) < 4.78 is 4.62. The predicted molar refractivity (Wildman–Crippen MR) is 65.0 cm³/mol. The van der Waals surface area contributed by atoms with Gasteiger partial charge in [-0.25, -0.2) is 4.79 Å². The fourth-order valence-electron chi connectivity index (χ4n) is 1.19.